The Labute approximate surface area is 140 Å². The zero-order chi connectivity index (χ0) is 16.2. The molecule has 0 radical (unpaired) electrons. The molecule has 1 aliphatic heterocycles. The molecule has 1 saturated heterocycles. The van der Waals surface area contributed by atoms with E-state index in [0.717, 1.165) is 41.5 Å². The third-order valence-corrected chi connectivity index (χ3v) is 4.96. The summed E-state index contributed by atoms with van der Waals surface area (Å²) in [7, 11) is 0. The maximum atomic E-state index is 12.2. The summed E-state index contributed by atoms with van der Waals surface area (Å²) in [5.41, 5.74) is 1.76. The Kier molecular flexibility index (Phi) is 4.93. The van der Waals surface area contributed by atoms with Crippen molar-refractivity contribution in [1.29, 1.82) is 0 Å². The van der Waals surface area contributed by atoms with Crippen LogP contribution < -0.4 is 10.2 Å². The summed E-state index contributed by atoms with van der Waals surface area (Å²) in [6.45, 7) is 4.18. The van der Waals surface area contributed by atoms with Crippen LogP contribution in [-0.4, -0.2) is 35.2 Å². The fourth-order valence-electron chi connectivity index (χ4n) is 2.70. The predicted octanol–water partition coefficient (Wildman–Crippen LogP) is 2.34. The minimum atomic E-state index is -0.174. The van der Waals surface area contributed by atoms with E-state index < -0.39 is 0 Å². The van der Waals surface area contributed by atoms with Crippen LogP contribution in [0.1, 0.15) is 33.1 Å². The lowest BCUT2D eigenvalue weighted by molar-refractivity contribution is 0.0951. The van der Waals surface area contributed by atoms with Gasteiger partial charge in [0, 0.05) is 35.4 Å². The normalized spacial score (nSPS) is 15.7. The van der Waals surface area contributed by atoms with Gasteiger partial charge in [-0.15, -0.1) is 11.3 Å². The highest BCUT2D eigenvalue weighted by molar-refractivity contribution is 7.11. The largest absolute Gasteiger partial charge is 0.393 e. The topological polar surface area (TPSA) is 65.5 Å². The molecule has 0 atom stereocenters. The van der Waals surface area contributed by atoms with Crippen molar-refractivity contribution in [2.24, 2.45) is 0 Å². The predicted molar refractivity (Wildman–Crippen MR) is 91.9 cm³/mol. The highest BCUT2D eigenvalue weighted by Gasteiger charge is 2.17. The molecule has 1 aromatic carbocycles. The van der Waals surface area contributed by atoms with Crippen molar-refractivity contribution < 1.29 is 9.90 Å². The number of aliphatic hydroxyl groups is 1. The first kappa shape index (κ1) is 16.0. The number of amides is 1. The number of nitrogens with one attached hydrogen (secondary N) is 1. The van der Waals surface area contributed by atoms with Crippen LogP contribution >= 0.6 is 11.3 Å². The van der Waals surface area contributed by atoms with Gasteiger partial charge in [-0.1, -0.05) is 0 Å². The van der Waals surface area contributed by atoms with E-state index in [1.165, 1.54) is 0 Å². The summed E-state index contributed by atoms with van der Waals surface area (Å²) >= 11 is 1.59. The van der Waals surface area contributed by atoms with Crippen molar-refractivity contribution in [3.05, 3.63) is 45.9 Å². The van der Waals surface area contributed by atoms with Gasteiger partial charge >= 0.3 is 0 Å². The van der Waals surface area contributed by atoms with Crippen LogP contribution in [0.5, 0.6) is 0 Å². The smallest absolute Gasteiger partial charge is 0.251 e. The second kappa shape index (κ2) is 7.10. The van der Waals surface area contributed by atoms with E-state index in [-0.39, 0.29) is 12.0 Å². The highest BCUT2D eigenvalue weighted by Crippen LogP contribution is 2.20. The summed E-state index contributed by atoms with van der Waals surface area (Å²) in [6.07, 6.45) is 3.23. The lowest BCUT2D eigenvalue weighted by atomic mass is 10.1. The van der Waals surface area contributed by atoms with E-state index in [1.807, 2.05) is 31.2 Å². The van der Waals surface area contributed by atoms with Gasteiger partial charge in [0.25, 0.3) is 5.91 Å². The van der Waals surface area contributed by atoms with E-state index >= 15 is 0 Å². The monoisotopic (exact) mass is 331 g/mol. The molecule has 1 amide bonds. The van der Waals surface area contributed by atoms with Gasteiger partial charge in [0.15, 0.2) is 0 Å². The summed E-state index contributed by atoms with van der Waals surface area (Å²) in [5, 5.41) is 13.5. The standard InChI is InChI=1S/C17H21N3O2S/c1-12-18-10-16(23-12)11-19-17(22)13-2-4-14(5-3-13)20-8-6-15(21)7-9-20/h2-5,10,15,21H,6-9,11H2,1H3,(H,19,22). The maximum Gasteiger partial charge on any atom is 0.251 e. The Hall–Kier alpha value is -1.92. The first-order valence-electron chi connectivity index (χ1n) is 7.84. The lowest BCUT2D eigenvalue weighted by Crippen LogP contribution is -2.35. The molecule has 0 saturated carbocycles. The molecule has 0 bridgehead atoms. The van der Waals surface area contributed by atoms with Gasteiger partial charge in [0.05, 0.1) is 17.7 Å². The van der Waals surface area contributed by atoms with E-state index in [1.54, 1.807) is 17.5 Å². The molecule has 1 aliphatic rings. The van der Waals surface area contributed by atoms with E-state index in [2.05, 4.69) is 15.2 Å². The molecule has 3 rings (SSSR count). The Morgan fingerprint density at radius 2 is 2.04 bits per heavy atom. The summed E-state index contributed by atoms with van der Waals surface area (Å²) < 4.78 is 0. The third-order valence-electron chi connectivity index (χ3n) is 4.05. The number of rotatable bonds is 4. The van der Waals surface area contributed by atoms with Crippen LogP contribution in [0.4, 0.5) is 5.69 Å². The van der Waals surface area contributed by atoms with Crippen molar-refractivity contribution in [2.45, 2.75) is 32.4 Å². The van der Waals surface area contributed by atoms with Gasteiger partial charge in [-0.05, 0) is 44.0 Å². The number of thiazole rings is 1. The molecule has 1 aromatic heterocycles. The molecule has 23 heavy (non-hydrogen) atoms. The molecule has 6 heteroatoms. The number of piperidine rings is 1. The number of carbonyl (C=O) groups excluding carboxylic acids is 1. The number of hydrogen-bond donors (Lipinski definition) is 2. The number of carbonyl (C=O) groups is 1. The molecule has 2 aromatic rings. The molecule has 2 heterocycles. The minimum Gasteiger partial charge on any atom is -0.393 e. The summed E-state index contributed by atoms with van der Waals surface area (Å²) in [4.78, 5) is 19.7. The number of anilines is 1. The number of nitrogens with zero attached hydrogens (tertiary/aromatic N) is 2. The van der Waals surface area contributed by atoms with Crippen molar-refractivity contribution in [3.8, 4) is 0 Å². The van der Waals surface area contributed by atoms with Gasteiger partial charge < -0.3 is 15.3 Å². The van der Waals surface area contributed by atoms with Crippen LogP contribution in [0, 0.1) is 6.92 Å². The first-order chi connectivity index (χ1) is 11.1. The van der Waals surface area contributed by atoms with E-state index in [0.29, 0.717) is 12.1 Å². The lowest BCUT2D eigenvalue weighted by Gasteiger charge is -2.31. The summed E-state index contributed by atoms with van der Waals surface area (Å²) in [6, 6.07) is 7.66. The van der Waals surface area contributed by atoms with Crippen molar-refractivity contribution >= 4 is 22.9 Å². The Balaban J connectivity index is 1.57. The SMILES string of the molecule is Cc1ncc(CNC(=O)c2ccc(N3CCC(O)CC3)cc2)s1. The molecule has 2 N–H and O–H groups in total. The fourth-order valence-corrected chi connectivity index (χ4v) is 3.44. The Bertz CT molecular complexity index is 661. The number of aromatic nitrogens is 1. The second-order valence-electron chi connectivity index (χ2n) is 5.79. The van der Waals surface area contributed by atoms with Gasteiger partial charge in [0.1, 0.15) is 0 Å². The highest BCUT2D eigenvalue weighted by atomic mass is 32.1. The molecular weight excluding hydrogens is 310 g/mol. The minimum absolute atomic E-state index is 0.0725. The van der Waals surface area contributed by atoms with Gasteiger partial charge in [-0.2, -0.15) is 0 Å². The average Bonchev–Trinajstić information content (AvgIpc) is 2.99. The van der Waals surface area contributed by atoms with Crippen LogP contribution in [0.3, 0.4) is 0 Å². The fraction of sp³-hybridized carbons (Fsp3) is 0.412. The number of aliphatic hydroxyl groups excluding tert-OH is 1. The Morgan fingerprint density at radius 1 is 1.35 bits per heavy atom. The van der Waals surface area contributed by atoms with E-state index in [4.69, 9.17) is 0 Å². The van der Waals surface area contributed by atoms with Crippen molar-refractivity contribution in [2.75, 3.05) is 18.0 Å². The summed E-state index contributed by atoms with van der Waals surface area (Å²) in [5.74, 6) is -0.0725. The van der Waals surface area contributed by atoms with Crippen molar-refractivity contribution in [1.82, 2.24) is 10.3 Å². The molecule has 0 unspecified atom stereocenters. The number of hydrogen-bond acceptors (Lipinski definition) is 5. The zero-order valence-electron chi connectivity index (χ0n) is 13.2. The van der Waals surface area contributed by atoms with Crippen molar-refractivity contribution in [3.63, 3.8) is 0 Å². The quantitative estimate of drug-likeness (QED) is 0.902. The Morgan fingerprint density at radius 3 is 2.65 bits per heavy atom. The number of benzene rings is 1. The van der Waals surface area contributed by atoms with Gasteiger partial charge in [0.2, 0.25) is 0 Å². The first-order valence-corrected chi connectivity index (χ1v) is 8.66. The third kappa shape index (κ3) is 4.09. The van der Waals surface area contributed by atoms with Crippen LogP contribution in [0.15, 0.2) is 30.5 Å². The molecule has 5 nitrogen and oxygen atoms in total. The van der Waals surface area contributed by atoms with E-state index in [9.17, 15) is 9.90 Å². The molecule has 0 spiro atoms. The van der Waals surface area contributed by atoms with Gasteiger partial charge in [-0.3, -0.25) is 4.79 Å². The van der Waals surface area contributed by atoms with Crippen LogP contribution in [0.2, 0.25) is 0 Å². The van der Waals surface area contributed by atoms with Crippen LogP contribution in [0.25, 0.3) is 0 Å². The molecular formula is C17H21N3O2S. The number of aryl methyl sites for hydroxylation is 1. The molecule has 0 aliphatic carbocycles. The van der Waals surface area contributed by atoms with Gasteiger partial charge in [-0.25, -0.2) is 4.98 Å². The maximum absolute atomic E-state index is 12.2. The molecule has 122 valence electrons. The van der Waals surface area contributed by atoms with Crippen LogP contribution in [-0.2, 0) is 6.54 Å². The zero-order valence-corrected chi connectivity index (χ0v) is 14.0. The molecule has 1 fully saturated rings. The second-order valence-corrected chi connectivity index (χ2v) is 7.11. The average molecular weight is 331 g/mol.